The highest BCUT2D eigenvalue weighted by atomic mass is 16.4. The van der Waals surface area contributed by atoms with E-state index in [1.807, 2.05) is 6.92 Å². The fourth-order valence-electron chi connectivity index (χ4n) is 1.06. The van der Waals surface area contributed by atoms with Crippen molar-refractivity contribution in [1.82, 2.24) is 10.2 Å². The lowest BCUT2D eigenvalue weighted by Gasteiger charge is -1.99. The lowest BCUT2D eigenvalue weighted by molar-refractivity contribution is 0.399. The molecule has 1 atom stereocenters. The Morgan fingerprint density at radius 2 is 2.17 bits per heavy atom. The van der Waals surface area contributed by atoms with Crippen LogP contribution in [0.4, 0.5) is 0 Å². The molecule has 0 aromatic carbocycles. The van der Waals surface area contributed by atoms with Crippen LogP contribution in [0.5, 0.6) is 0 Å². The Labute approximate surface area is 71.2 Å². The van der Waals surface area contributed by atoms with Crippen molar-refractivity contribution in [3.05, 3.63) is 11.8 Å². The predicted molar refractivity (Wildman–Crippen MR) is 43.5 cm³/mol. The minimum Gasteiger partial charge on any atom is -0.423 e. The number of rotatable bonds is 2. The topological polar surface area (TPSA) is 64.9 Å². The Morgan fingerprint density at radius 3 is 2.58 bits per heavy atom. The molecule has 1 unspecified atom stereocenters. The highest BCUT2D eigenvalue weighted by Gasteiger charge is 2.44. The van der Waals surface area contributed by atoms with E-state index in [0.717, 1.165) is 18.7 Å². The van der Waals surface area contributed by atoms with Crippen molar-refractivity contribution < 1.29 is 4.42 Å². The fourth-order valence-corrected chi connectivity index (χ4v) is 1.06. The lowest BCUT2D eigenvalue weighted by atomic mass is 10.1. The van der Waals surface area contributed by atoms with Gasteiger partial charge >= 0.3 is 0 Å². The van der Waals surface area contributed by atoms with Gasteiger partial charge in [-0.3, -0.25) is 0 Å². The van der Waals surface area contributed by atoms with Crippen LogP contribution in [0.3, 0.4) is 0 Å². The Balaban J connectivity index is 2.25. The number of nitrogens with zero attached hydrogens (tertiary/aromatic N) is 2. The van der Waals surface area contributed by atoms with Crippen molar-refractivity contribution in [2.45, 2.75) is 38.1 Å². The van der Waals surface area contributed by atoms with Gasteiger partial charge in [0.1, 0.15) is 0 Å². The zero-order chi connectivity index (χ0) is 8.77. The van der Waals surface area contributed by atoms with E-state index in [0.29, 0.717) is 5.89 Å². The number of aromatic nitrogens is 2. The summed E-state index contributed by atoms with van der Waals surface area (Å²) in [6, 6.07) is -0.159. The maximum absolute atomic E-state index is 5.59. The number of hydrogen-bond donors (Lipinski definition) is 1. The quantitative estimate of drug-likeness (QED) is 0.717. The van der Waals surface area contributed by atoms with E-state index in [-0.39, 0.29) is 11.5 Å². The van der Waals surface area contributed by atoms with Crippen LogP contribution in [0.25, 0.3) is 0 Å². The van der Waals surface area contributed by atoms with Gasteiger partial charge in [0.15, 0.2) is 0 Å². The first-order valence-electron chi connectivity index (χ1n) is 4.21. The first kappa shape index (κ1) is 7.73. The van der Waals surface area contributed by atoms with Gasteiger partial charge in [-0.1, -0.05) is 6.92 Å². The van der Waals surface area contributed by atoms with Crippen LogP contribution >= 0.6 is 0 Å². The maximum atomic E-state index is 5.59. The SMILES string of the molecule is CC(N)c1nnc(C2(C)CC2)o1. The summed E-state index contributed by atoms with van der Waals surface area (Å²) in [7, 11) is 0. The molecular weight excluding hydrogens is 154 g/mol. The summed E-state index contributed by atoms with van der Waals surface area (Å²) in [6.45, 7) is 3.97. The van der Waals surface area contributed by atoms with Crippen LogP contribution < -0.4 is 5.73 Å². The van der Waals surface area contributed by atoms with E-state index in [4.69, 9.17) is 10.2 Å². The molecule has 4 nitrogen and oxygen atoms in total. The standard InChI is InChI=1S/C8H13N3O/c1-5(9)6-10-11-7(12-6)8(2)3-4-8/h5H,3-4,9H2,1-2H3. The van der Waals surface area contributed by atoms with Gasteiger partial charge < -0.3 is 10.2 Å². The molecule has 2 N–H and O–H groups in total. The largest absolute Gasteiger partial charge is 0.423 e. The molecule has 1 fully saturated rings. The molecule has 1 saturated carbocycles. The smallest absolute Gasteiger partial charge is 0.232 e. The fraction of sp³-hybridized carbons (Fsp3) is 0.750. The van der Waals surface area contributed by atoms with E-state index in [9.17, 15) is 0 Å². The van der Waals surface area contributed by atoms with Gasteiger partial charge in [0.2, 0.25) is 11.8 Å². The van der Waals surface area contributed by atoms with Crippen molar-refractivity contribution in [3.8, 4) is 0 Å². The van der Waals surface area contributed by atoms with E-state index in [1.54, 1.807) is 0 Å². The zero-order valence-corrected chi connectivity index (χ0v) is 7.37. The van der Waals surface area contributed by atoms with Crippen molar-refractivity contribution >= 4 is 0 Å². The van der Waals surface area contributed by atoms with Crippen molar-refractivity contribution in [2.75, 3.05) is 0 Å². The van der Waals surface area contributed by atoms with Crippen LogP contribution in [0.15, 0.2) is 4.42 Å². The maximum Gasteiger partial charge on any atom is 0.232 e. The summed E-state index contributed by atoms with van der Waals surface area (Å²) < 4.78 is 5.42. The molecule has 0 saturated heterocycles. The van der Waals surface area contributed by atoms with Crippen LogP contribution in [0.1, 0.15) is 44.5 Å². The van der Waals surface area contributed by atoms with Gasteiger partial charge in [0.05, 0.1) is 6.04 Å². The van der Waals surface area contributed by atoms with E-state index in [2.05, 4.69) is 17.1 Å². The first-order valence-corrected chi connectivity index (χ1v) is 4.21. The summed E-state index contributed by atoms with van der Waals surface area (Å²) in [6.07, 6.45) is 2.29. The van der Waals surface area contributed by atoms with Gasteiger partial charge in [-0.15, -0.1) is 10.2 Å². The molecule has 1 heterocycles. The molecule has 0 amide bonds. The monoisotopic (exact) mass is 167 g/mol. The third-order valence-corrected chi connectivity index (χ3v) is 2.35. The molecule has 4 heteroatoms. The zero-order valence-electron chi connectivity index (χ0n) is 7.37. The second-order valence-corrected chi connectivity index (χ2v) is 3.79. The van der Waals surface area contributed by atoms with Gasteiger partial charge in [0, 0.05) is 5.41 Å². The average molecular weight is 167 g/mol. The summed E-state index contributed by atoms with van der Waals surface area (Å²) in [5.74, 6) is 1.29. The molecule has 0 radical (unpaired) electrons. The predicted octanol–water partition coefficient (Wildman–Crippen LogP) is 1.14. The Morgan fingerprint density at radius 1 is 1.50 bits per heavy atom. The Bertz CT molecular complexity index is 288. The molecule has 66 valence electrons. The summed E-state index contributed by atoms with van der Waals surface area (Å²) in [4.78, 5) is 0. The normalized spacial score (nSPS) is 22.2. The van der Waals surface area contributed by atoms with Gasteiger partial charge in [0.25, 0.3) is 0 Å². The van der Waals surface area contributed by atoms with Crippen LogP contribution in [-0.2, 0) is 5.41 Å². The second-order valence-electron chi connectivity index (χ2n) is 3.79. The molecule has 1 aromatic heterocycles. The molecule has 2 rings (SSSR count). The third kappa shape index (κ3) is 1.12. The van der Waals surface area contributed by atoms with E-state index >= 15 is 0 Å². The molecule has 0 spiro atoms. The molecule has 0 aliphatic heterocycles. The van der Waals surface area contributed by atoms with Crippen LogP contribution in [0, 0.1) is 0 Å². The van der Waals surface area contributed by atoms with E-state index in [1.165, 1.54) is 0 Å². The lowest BCUT2D eigenvalue weighted by Crippen LogP contribution is -2.04. The number of nitrogens with two attached hydrogens (primary N) is 1. The van der Waals surface area contributed by atoms with E-state index < -0.39 is 0 Å². The Kier molecular flexibility index (Phi) is 1.48. The van der Waals surface area contributed by atoms with Crippen molar-refractivity contribution in [3.63, 3.8) is 0 Å². The van der Waals surface area contributed by atoms with Crippen LogP contribution in [0.2, 0.25) is 0 Å². The summed E-state index contributed by atoms with van der Waals surface area (Å²) in [5, 5.41) is 7.86. The molecule has 0 bridgehead atoms. The van der Waals surface area contributed by atoms with Gasteiger partial charge in [-0.2, -0.15) is 0 Å². The summed E-state index contributed by atoms with van der Waals surface area (Å²) in [5.41, 5.74) is 5.75. The van der Waals surface area contributed by atoms with Crippen molar-refractivity contribution in [2.24, 2.45) is 5.73 Å². The highest BCUT2D eigenvalue weighted by molar-refractivity contribution is 5.12. The molecule has 1 aliphatic rings. The minimum absolute atomic E-state index is 0.153. The first-order chi connectivity index (χ1) is 5.62. The Hall–Kier alpha value is -0.900. The van der Waals surface area contributed by atoms with Gasteiger partial charge in [-0.25, -0.2) is 0 Å². The molecular formula is C8H13N3O. The highest BCUT2D eigenvalue weighted by Crippen LogP contribution is 2.46. The third-order valence-electron chi connectivity index (χ3n) is 2.35. The second kappa shape index (κ2) is 2.29. The molecule has 1 aliphatic carbocycles. The molecule has 12 heavy (non-hydrogen) atoms. The van der Waals surface area contributed by atoms with Crippen LogP contribution in [-0.4, -0.2) is 10.2 Å². The average Bonchev–Trinajstić information content (AvgIpc) is 2.61. The number of hydrogen-bond acceptors (Lipinski definition) is 4. The molecule has 1 aromatic rings. The van der Waals surface area contributed by atoms with Crippen molar-refractivity contribution in [1.29, 1.82) is 0 Å². The van der Waals surface area contributed by atoms with Gasteiger partial charge in [-0.05, 0) is 19.8 Å². The minimum atomic E-state index is -0.159. The summed E-state index contributed by atoms with van der Waals surface area (Å²) >= 11 is 0.